The SMILES string of the molecule is CCn1cc(C(=O)N2CC[C@H]3C[C@@H]2Cn2c3cccc2=O)c(=O)c2cc(F)c(N3CC[NH+](C)CC3)cc21. The first-order valence-electron chi connectivity index (χ1n) is 13.3. The van der Waals surface area contributed by atoms with Crippen LogP contribution in [0.1, 0.15) is 41.7 Å². The highest BCUT2D eigenvalue weighted by Crippen LogP contribution is 2.36. The van der Waals surface area contributed by atoms with Crippen molar-refractivity contribution in [1.82, 2.24) is 14.0 Å². The molecule has 8 nitrogen and oxygen atoms in total. The van der Waals surface area contributed by atoms with Crippen molar-refractivity contribution >= 4 is 22.5 Å². The highest BCUT2D eigenvalue weighted by atomic mass is 19.1. The highest BCUT2D eigenvalue weighted by Gasteiger charge is 2.38. The van der Waals surface area contributed by atoms with Gasteiger partial charge in [-0.25, -0.2) is 4.39 Å². The Labute approximate surface area is 214 Å². The summed E-state index contributed by atoms with van der Waals surface area (Å²) in [7, 11) is 2.13. The zero-order valence-corrected chi connectivity index (χ0v) is 21.4. The van der Waals surface area contributed by atoms with Crippen LogP contribution < -0.4 is 20.8 Å². The molecule has 3 aliphatic rings. The van der Waals surface area contributed by atoms with Crippen LogP contribution in [0, 0.1) is 5.82 Å². The van der Waals surface area contributed by atoms with Gasteiger partial charge in [0, 0.05) is 48.9 Å². The molecule has 1 N–H and O–H groups in total. The Hall–Kier alpha value is -3.46. The number of carbonyl (C=O) groups excluding carboxylic acids is 1. The number of aromatic nitrogens is 2. The van der Waals surface area contributed by atoms with Gasteiger partial charge in [-0.1, -0.05) is 6.07 Å². The average molecular weight is 507 g/mol. The van der Waals surface area contributed by atoms with Gasteiger partial charge < -0.3 is 23.8 Å². The molecular formula is C28H33FN5O3+. The summed E-state index contributed by atoms with van der Waals surface area (Å²) >= 11 is 0. The van der Waals surface area contributed by atoms with Crippen molar-refractivity contribution in [2.24, 2.45) is 0 Å². The normalized spacial score (nSPS) is 21.8. The topological polar surface area (TPSA) is 72.0 Å². The van der Waals surface area contributed by atoms with Crippen molar-refractivity contribution in [3.05, 3.63) is 74.2 Å². The van der Waals surface area contributed by atoms with E-state index in [1.54, 1.807) is 33.9 Å². The van der Waals surface area contributed by atoms with Crippen LogP contribution >= 0.6 is 0 Å². The fourth-order valence-corrected chi connectivity index (χ4v) is 6.40. The van der Waals surface area contributed by atoms with E-state index in [4.69, 9.17) is 0 Å². The summed E-state index contributed by atoms with van der Waals surface area (Å²) in [6.07, 6.45) is 3.15. The molecule has 3 aromatic rings. The molecule has 9 heteroatoms. The lowest BCUT2D eigenvalue weighted by Gasteiger charge is -2.44. The number of amides is 1. The van der Waals surface area contributed by atoms with E-state index in [0.717, 1.165) is 44.7 Å². The highest BCUT2D eigenvalue weighted by molar-refractivity contribution is 5.98. The number of nitrogens with zero attached hydrogens (tertiary/aromatic N) is 4. The Bertz CT molecular complexity index is 1500. The predicted octanol–water partition coefficient (Wildman–Crippen LogP) is 1.06. The Morgan fingerprint density at radius 1 is 1.14 bits per heavy atom. The van der Waals surface area contributed by atoms with Gasteiger partial charge >= 0.3 is 0 Å². The van der Waals surface area contributed by atoms with Crippen LogP contribution in [0.5, 0.6) is 0 Å². The first kappa shape index (κ1) is 23.9. The van der Waals surface area contributed by atoms with Gasteiger partial charge in [0.15, 0.2) is 0 Å². The number of fused-ring (bicyclic) bond motifs is 5. The van der Waals surface area contributed by atoms with E-state index in [1.807, 2.05) is 22.5 Å². The average Bonchev–Trinajstić information content (AvgIpc) is 2.90. The molecule has 0 aliphatic carbocycles. The maximum absolute atomic E-state index is 15.3. The van der Waals surface area contributed by atoms with Gasteiger partial charge in [0.1, 0.15) is 11.4 Å². The fourth-order valence-electron chi connectivity index (χ4n) is 6.40. The molecule has 3 aliphatic heterocycles. The van der Waals surface area contributed by atoms with Crippen molar-refractivity contribution < 1.29 is 14.1 Å². The number of rotatable bonds is 3. The molecule has 6 rings (SSSR count). The van der Waals surface area contributed by atoms with Gasteiger partial charge in [0.25, 0.3) is 11.5 Å². The minimum atomic E-state index is -0.437. The molecule has 0 unspecified atom stereocenters. The third kappa shape index (κ3) is 3.96. The van der Waals surface area contributed by atoms with Crippen LogP contribution in [0.4, 0.5) is 10.1 Å². The van der Waals surface area contributed by atoms with Crippen LogP contribution in [0.25, 0.3) is 10.9 Å². The molecule has 194 valence electrons. The summed E-state index contributed by atoms with van der Waals surface area (Å²) < 4.78 is 19.0. The third-order valence-corrected chi connectivity index (χ3v) is 8.55. The van der Waals surface area contributed by atoms with Gasteiger partial charge in [-0.3, -0.25) is 14.4 Å². The summed E-state index contributed by atoms with van der Waals surface area (Å²) in [6, 6.07) is 8.26. The minimum Gasteiger partial charge on any atom is -0.358 e. The second kappa shape index (κ2) is 9.13. The molecule has 37 heavy (non-hydrogen) atoms. The summed E-state index contributed by atoms with van der Waals surface area (Å²) in [5.74, 6) is -0.540. The number of piperazine rings is 1. The molecule has 0 saturated carbocycles. The number of benzene rings is 1. The first-order chi connectivity index (χ1) is 17.9. The molecule has 2 fully saturated rings. The lowest BCUT2D eigenvalue weighted by molar-refractivity contribution is -0.880. The maximum atomic E-state index is 15.3. The van der Waals surface area contributed by atoms with Crippen LogP contribution in [-0.4, -0.2) is 65.8 Å². The monoisotopic (exact) mass is 506 g/mol. The molecule has 2 saturated heterocycles. The van der Waals surface area contributed by atoms with Crippen molar-refractivity contribution in [2.75, 3.05) is 44.7 Å². The van der Waals surface area contributed by atoms with Gasteiger partial charge in [0.2, 0.25) is 5.43 Å². The van der Waals surface area contributed by atoms with Crippen LogP contribution in [-0.2, 0) is 13.1 Å². The number of quaternary nitrogens is 1. The van der Waals surface area contributed by atoms with E-state index >= 15 is 4.39 Å². The predicted molar refractivity (Wildman–Crippen MR) is 140 cm³/mol. The van der Waals surface area contributed by atoms with Crippen LogP contribution in [0.2, 0.25) is 0 Å². The largest absolute Gasteiger partial charge is 0.358 e. The molecule has 0 spiro atoms. The standard InChI is InChI=1S/C28H32FN5O3/c1-3-31-17-21(27(36)20-14-22(29)25(15-24(20)31)32-11-9-30(2)10-12-32)28(37)33-8-7-18-13-19(33)16-34-23(18)5-4-6-26(34)35/h4-6,14-15,17-19H,3,7-13,16H2,1-2H3/p+1/t18-,19+/m0/s1. The quantitative estimate of drug-likeness (QED) is 0.577. The van der Waals surface area contributed by atoms with Gasteiger partial charge in [-0.05, 0) is 38.0 Å². The van der Waals surface area contributed by atoms with Gasteiger partial charge in [-0.2, -0.15) is 0 Å². The Kier molecular flexibility index (Phi) is 5.90. The molecule has 2 bridgehead atoms. The van der Waals surface area contributed by atoms with Crippen LogP contribution in [0.3, 0.4) is 0 Å². The lowest BCUT2D eigenvalue weighted by Crippen LogP contribution is -3.12. The second-order valence-corrected chi connectivity index (χ2v) is 10.7. The van der Waals surface area contributed by atoms with E-state index in [1.165, 1.54) is 11.0 Å². The van der Waals surface area contributed by atoms with E-state index in [0.29, 0.717) is 30.8 Å². The molecule has 2 atom stereocenters. The summed E-state index contributed by atoms with van der Waals surface area (Å²) in [5.41, 5.74) is 1.75. The number of pyridine rings is 2. The zero-order chi connectivity index (χ0) is 25.8. The molecule has 5 heterocycles. The number of likely N-dealkylation sites (tertiary alicyclic amines) is 1. The van der Waals surface area contributed by atoms with Crippen LogP contribution in [0.15, 0.2) is 46.1 Å². The molecular weight excluding hydrogens is 473 g/mol. The summed E-state index contributed by atoms with van der Waals surface area (Å²) in [5, 5.41) is 0.230. The number of halogens is 1. The minimum absolute atomic E-state index is 0.0615. The number of anilines is 1. The molecule has 0 radical (unpaired) electrons. The van der Waals surface area contributed by atoms with Crippen molar-refractivity contribution in [2.45, 2.75) is 44.8 Å². The number of nitrogens with one attached hydrogen (secondary N) is 1. The number of aryl methyl sites for hydroxylation is 1. The van der Waals surface area contributed by atoms with E-state index in [-0.39, 0.29) is 34.4 Å². The van der Waals surface area contributed by atoms with Crippen molar-refractivity contribution in [3.8, 4) is 0 Å². The second-order valence-electron chi connectivity index (χ2n) is 10.7. The lowest BCUT2D eigenvalue weighted by atomic mass is 9.84. The summed E-state index contributed by atoms with van der Waals surface area (Å²) in [4.78, 5) is 45.1. The molecule has 1 aromatic carbocycles. The number of piperidine rings is 1. The Morgan fingerprint density at radius 2 is 1.92 bits per heavy atom. The Morgan fingerprint density at radius 3 is 2.68 bits per heavy atom. The summed E-state index contributed by atoms with van der Waals surface area (Å²) in [6.45, 7) is 6.83. The van der Waals surface area contributed by atoms with Gasteiger partial charge in [0.05, 0.1) is 50.5 Å². The van der Waals surface area contributed by atoms with Crippen molar-refractivity contribution in [1.29, 1.82) is 0 Å². The Balaban J connectivity index is 1.37. The van der Waals surface area contributed by atoms with Gasteiger partial charge in [-0.15, -0.1) is 0 Å². The number of carbonyl (C=O) groups is 1. The van der Waals surface area contributed by atoms with E-state index in [9.17, 15) is 14.4 Å². The third-order valence-electron chi connectivity index (χ3n) is 8.55. The number of hydrogen-bond donors (Lipinski definition) is 1. The molecule has 2 aromatic heterocycles. The number of likely N-dealkylation sites (N-methyl/N-ethyl adjacent to an activating group) is 1. The van der Waals surface area contributed by atoms with Crippen molar-refractivity contribution in [3.63, 3.8) is 0 Å². The maximum Gasteiger partial charge on any atom is 0.259 e. The zero-order valence-electron chi connectivity index (χ0n) is 21.4. The fraction of sp³-hybridized carbons (Fsp3) is 0.464. The van der Waals surface area contributed by atoms with E-state index in [2.05, 4.69) is 7.05 Å². The molecule has 1 amide bonds. The smallest absolute Gasteiger partial charge is 0.259 e. The number of hydrogen-bond acceptors (Lipinski definition) is 4. The first-order valence-corrected chi connectivity index (χ1v) is 13.3. The van der Waals surface area contributed by atoms with E-state index < -0.39 is 11.2 Å².